The van der Waals surface area contributed by atoms with E-state index in [0.717, 1.165) is 18.3 Å². The molecule has 0 bridgehead atoms. The maximum Gasteiger partial charge on any atom is 0.194 e. The first-order chi connectivity index (χ1) is 10.0. The van der Waals surface area contributed by atoms with E-state index in [9.17, 15) is 13.2 Å². The van der Waals surface area contributed by atoms with Gasteiger partial charge in [0.15, 0.2) is 17.5 Å². The second-order valence-corrected chi connectivity index (χ2v) is 4.93. The Balaban J connectivity index is 2.32. The molecule has 0 radical (unpaired) electrons. The number of aromatic nitrogens is 2. The number of nitrogens with zero attached hydrogens (tertiary/aromatic N) is 2. The summed E-state index contributed by atoms with van der Waals surface area (Å²) in [4.78, 5) is 4.19. The van der Waals surface area contributed by atoms with Gasteiger partial charge in [-0.05, 0) is 19.0 Å². The molecule has 2 rings (SSSR count). The summed E-state index contributed by atoms with van der Waals surface area (Å²) in [6, 6.07) is 1.78. The molecule has 0 saturated carbocycles. The highest BCUT2D eigenvalue weighted by Crippen LogP contribution is 2.24. The number of benzene rings is 1. The van der Waals surface area contributed by atoms with Crippen LogP contribution < -0.4 is 5.32 Å². The fraction of sp³-hybridized carbons (Fsp3) is 0.400. The minimum Gasteiger partial charge on any atom is -0.338 e. The Hall–Kier alpha value is -1.82. The smallest absolute Gasteiger partial charge is 0.194 e. The SMILES string of the molecule is CCCNC(Cc1nccn1C)c1ccc(F)c(F)c1F. The Morgan fingerprint density at radius 3 is 2.62 bits per heavy atom. The van der Waals surface area contributed by atoms with Crippen LogP contribution in [0.2, 0.25) is 0 Å². The third-order valence-electron chi connectivity index (χ3n) is 3.39. The highest BCUT2D eigenvalue weighted by molar-refractivity contribution is 5.24. The molecule has 3 nitrogen and oxygen atoms in total. The van der Waals surface area contributed by atoms with Gasteiger partial charge in [0.05, 0.1) is 0 Å². The summed E-state index contributed by atoms with van der Waals surface area (Å²) in [5.41, 5.74) is 0.116. The number of aryl methyl sites for hydroxylation is 1. The van der Waals surface area contributed by atoms with Crippen LogP contribution >= 0.6 is 0 Å². The van der Waals surface area contributed by atoms with Gasteiger partial charge in [0.25, 0.3) is 0 Å². The zero-order chi connectivity index (χ0) is 15.4. The highest BCUT2D eigenvalue weighted by Gasteiger charge is 2.22. The van der Waals surface area contributed by atoms with Crippen molar-refractivity contribution in [3.8, 4) is 0 Å². The Kier molecular flexibility index (Phi) is 5.01. The number of imidazole rings is 1. The largest absolute Gasteiger partial charge is 0.338 e. The van der Waals surface area contributed by atoms with Crippen molar-refractivity contribution < 1.29 is 13.2 Å². The van der Waals surface area contributed by atoms with E-state index < -0.39 is 23.5 Å². The number of nitrogens with one attached hydrogen (secondary N) is 1. The molecule has 1 heterocycles. The van der Waals surface area contributed by atoms with Crippen LogP contribution in [0.5, 0.6) is 0 Å². The first-order valence-electron chi connectivity index (χ1n) is 6.87. The van der Waals surface area contributed by atoms with Gasteiger partial charge in [0.2, 0.25) is 0 Å². The van der Waals surface area contributed by atoms with E-state index in [2.05, 4.69) is 10.3 Å². The van der Waals surface area contributed by atoms with Crippen molar-refractivity contribution in [1.82, 2.24) is 14.9 Å². The zero-order valence-corrected chi connectivity index (χ0v) is 12.0. The van der Waals surface area contributed by atoms with E-state index in [1.54, 1.807) is 12.4 Å². The van der Waals surface area contributed by atoms with Crippen molar-refractivity contribution in [1.29, 1.82) is 0 Å². The van der Waals surface area contributed by atoms with Crippen LogP contribution in [0.25, 0.3) is 0 Å². The third-order valence-corrected chi connectivity index (χ3v) is 3.39. The van der Waals surface area contributed by atoms with Crippen molar-refractivity contribution in [2.75, 3.05) is 6.54 Å². The Morgan fingerprint density at radius 1 is 1.24 bits per heavy atom. The fourth-order valence-corrected chi connectivity index (χ4v) is 2.20. The van der Waals surface area contributed by atoms with Gasteiger partial charge >= 0.3 is 0 Å². The van der Waals surface area contributed by atoms with Crippen LogP contribution in [0.1, 0.15) is 30.8 Å². The third kappa shape index (κ3) is 3.44. The van der Waals surface area contributed by atoms with E-state index in [4.69, 9.17) is 0 Å². The topological polar surface area (TPSA) is 29.9 Å². The molecule has 1 aromatic carbocycles. The van der Waals surface area contributed by atoms with Gasteiger partial charge in [-0.1, -0.05) is 13.0 Å². The van der Waals surface area contributed by atoms with Crippen LogP contribution in [0.15, 0.2) is 24.5 Å². The molecule has 0 fully saturated rings. The van der Waals surface area contributed by atoms with Crippen molar-refractivity contribution >= 4 is 0 Å². The summed E-state index contributed by atoms with van der Waals surface area (Å²) in [7, 11) is 1.83. The van der Waals surface area contributed by atoms with Crippen LogP contribution in [0.4, 0.5) is 13.2 Å². The number of rotatable bonds is 6. The summed E-state index contributed by atoms with van der Waals surface area (Å²) in [5.74, 6) is -3.01. The summed E-state index contributed by atoms with van der Waals surface area (Å²) in [6.45, 7) is 2.62. The van der Waals surface area contributed by atoms with Gasteiger partial charge in [-0.3, -0.25) is 0 Å². The Labute approximate surface area is 121 Å². The van der Waals surface area contributed by atoms with Gasteiger partial charge in [0.1, 0.15) is 5.82 Å². The molecule has 0 amide bonds. The molecule has 1 aromatic heterocycles. The lowest BCUT2D eigenvalue weighted by Gasteiger charge is -2.19. The molecule has 1 atom stereocenters. The molecule has 1 unspecified atom stereocenters. The standard InChI is InChI=1S/C15H18F3N3/c1-3-6-19-12(9-13-20-7-8-21(13)2)10-4-5-11(16)15(18)14(10)17/h4-5,7-8,12,19H,3,6,9H2,1-2H3. The minimum atomic E-state index is -1.43. The van der Waals surface area contributed by atoms with E-state index in [-0.39, 0.29) is 5.56 Å². The molecular formula is C15H18F3N3. The lowest BCUT2D eigenvalue weighted by atomic mass is 10.0. The van der Waals surface area contributed by atoms with Crippen LogP contribution in [-0.2, 0) is 13.5 Å². The van der Waals surface area contributed by atoms with Gasteiger partial charge < -0.3 is 9.88 Å². The zero-order valence-electron chi connectivity index (χ0n) is 12.0. The van der Waals surface area contributed by atoms with Gasteiger partial charge in [-0.15, -0.1) is 0 Å². The normalized spacial score (nSPS) is 12.6. The first-order valence-corrected chi connectivity index (χ1v) is 6.87. The summed E-state index contributed by atoms with van der Waals surface area (Å²) < 4.78 is 42.3. The lowest BCUT2D eigenvalue weighted by Crippen LogP contribution is -2.26. The van der Waals surface area contributed by atoms with E-state index in [0.29, 0.717) is 13.0 Å². The minimum absolute atomic E-state index is 0.116. The molecule has 21 heavy (non-hydrogen) atoms. The maximum absolute atomic E-state index is 14.0. The number of halogens is 3. The monoisotopic (exact) mass is 297 g/mol. The second kappa shape index (κ2) is 6.76. The molecule has 2 aromatic rings. The van der Waals surface area contributed by atoms with Crippen molar-refractivity contribution in [3.05, 3.63) is 53.4 Å². The Bertz CT molecular complexity index is 610. The molecule has 6 heteroatoms. The molecule has 0 spiro atoms. The summed E-state index contributed by atoms with van der Waals surface area (Å²) >= 11 is 0. The highest BCUT2D eigenvalue weighted by atomic mass is 19.2. The molecule has 0 aliphatic heterocycles. The predicted molar refractivity (Wildman–Crippen MR) is 74.3 cm³/mol. The maximum atomic E-state index is 14.0. The first kappa shape index (κ1) is 15.6. The van der Waals surface area contributed by atoms with Crippen molar-refractivity contribution in [3.63, 3.8) is 0 Å². The second-order valence-electron chi connectivity index (χ2n) is 4.93. The van der Waals surface area contributed by atoms with Crippen molar-refractivity contribution in [2.45, 2.75) is 25.8 Å². The molecule has 1 N–H and O–H groups in total. The molecule has 0 aliphatic rings. The molecule has 0 saturated heterocycles. The fourth-order valence-electron chi connectivity index (χ4n) is 2.20. The Morgan fingerprint density at radius 2 is 2.00 bits per heavy atom. The quantitative estimate of drug-likeness (QED) is 0.830. The molecular weight excluding hydrogens is 279 g/mol. The average Bonchev–Trinajstić information content (AvgIpc) is 2.87. The number of hydrogen-bond acceptors (Lipinski definition) is 2. The van der Waals surface area contributed by atoms with E-state index in [1.807, 2.05) is 18.5 Å². The molecule has 114 valence electrons. The molecule has 0 aliphatic carbocycles. The summed E-state index contributed by atoms with van der Waals surface area (Å²) in [5, 5.41) is 3.16. The number of hydrogen-bond donors (Lipinski definition) is 1. The predicted octanol–water partition coefficient (Wildman–Crippen LogP) is 3.12. The van der Waals surface area contributed by atoms with Crippen molar-refractivity contribution in [2.24, 2.45) is 7.05 Å². The van der Waals surface area contributed by atoms with Gasteiger partial charge in [-0.25, -0.2) is 18.2 Å². The van der Waals surface area contributed by atoms with Gasteiger partial charge in [-0.2, -0.15) is 0 Å². The van der Waals surface area contributed by atoms with Crippen LogP contribution in [0.3, 0.4) is 0 Å². The van der Waals surface area contributed by atoms with Crippen LogP contribution in [-0.4, -0.2) is 16.1 Å². The van der Waals surface area contributed by atoms with E-state index >= 15 is 0 Å². The summed E-state index contributed by atoms with van der Waals surface area (Å²) in [6.07, 6.45) is 4.68. The van der Waals surface area contributed by atoms with Gasteiger partial charge in [0, 0.05) is 37.5 Å². The van der Waals surface area contributed by atoms with Crippen LogP contribution in [0, 0.1) is 17.5 Å². The average molecular weight is 297 g/mol. The lowest BCUT2D eigenvalue weighted by molar-refractivity contribution is 0.420. The van der Waals surface area contributed by atoms with E-state index in [1.165, 1.54) is 6.07 Å².